The Morgan fingerprint density at radius 3 is 1.71 bits per heavy atom. The summed E-state index contributed by atoms with van der Waals surface area (Å²) in [7, 11) is -1.23. The maximum Gasteiger partial charge on any atom is 0.417 e. The Kier molecular flexibility index (Phi) is 12.7. The molecule has 0 heterocycles. The van der Waals surface area contributed by atoms with Crippen molar-refractivity contribution in [3.05, 3.63) is 0 Å². The number of unbranched alkanes of at least 4 members (excludes halogenated alkanes) is 7. The highest BCUT2D eigenvalue weighted by atomic mass is 31.2. The second kappa shape index (κ2) is 12.9. The SMILES string of the molecule is CCCCCCCC(C)(CCCCCC)NC(=O)P(=O)(OC)OC. The first-order chi connectivity index (χ1) is 11.4. The van der Waals surface area contributed by atoms with Crippen LogP contribution in [-0.2, 0) is 13.6 Å². The highest BCUT2D eigenvalue weighted by molar-refractivity contribution is 7.71. The summed E-state index contributed by atoms with van der Waals surface area (Å²) in [6.07, 6.45) is 12.3. The topological polar surface area (TPSA) is 64.6 Å². The smallest absolute Gasteiger partial charge is 0.340 e. The molecule has 0 radical (unpaired) electrons. The highest BCUT2D eigenvalue weighted by Gasteiger charge is 2.37. The van der Waals surface area contributed by atoms with Crippen LogP contribution in [0.3, 0.4) is 0 Å². The summed E-state index contributed by atoms with van der Waals surface area (Å²) in [5.74, 6) is 0. The van der Waals surface area contributed by atoms with E-state index in [1.54, 1.807) is 0 Å². The molecule has 0 spiro atoms. The summed E-state index contributed by atoms with van der Waals surface area (Å²) >= 11 is 0. The van der Waals surface area contributed by atoms with Crippen LogP contribution in [0.25, 0.3) is 0 Å². The van der Waals surface area contributed by atoms with Gasteiger partial charge >= 0.3 is 13.2 Å². The molecule has 0 aromatic heterocycles. The van der Waals surface area contributed by atoms with Gasteiger partial charge in [-0.05, 0) is 19.8 Å². The van der Waals surface area contributed by atoms with Gasteiger partial charge in [0.25, 0.3) is 0 Å². The summed E-state index contributed by atoms with van der Waals surface area (Å²) in [6.45, 7) is 6.43. The average Bonchev–Trinajstić information content (AvgIpc) is 2.57. The average molecular weight is 363 g/mol. The second-order valence-corrected chi connectivity index (χ2v) is 8.96. The van der Waals surface area contributed by atoms with Crippen LogP contribution >= 0.6 is 7.60 Å². The first-order valence-corrected chi connectivity index (χ1v) is 11.0. The molecule has 0 aliphatic carbocycles. The lowest BCUT2D eigenvalue weighted by Crippen LogP contribution is -2.45. The fourth-order valence-electron chi connectivity index (χ4n) is 2.88. The summed E-state index contributed by atoms with van der Waals surface area (Å²) < 4.78 is 21.9. The number of carbonyl (C=O) groups excluding carboxylic acids is 1. The van der Waals surface area contributed by atoms with E-state index >= 15 is 0 Å². The fourth-order valence-corrected chi connectivity index (χ4v) is 3.77. The predicted octanol–water partition coefficient (Wildman–Crippen LogP) is 6.27. The van der Waals surface area contributed by atoms with E-state index in [1.165, 1.54) is 52.7 Å². The van der Waals surface area contributed by atoms with Crippen LogP contribution in [0.4, 0.5) is 4.79 Å². The van der Waals surface area contributed by atoms with Gasteiger partial charge in [0.15, 0.2) is 0 Å². The molecule has 0 aromatic rings. The lowest BCUT2D eigenvalue weighted by atomic mass is 9.88. The Morgan fingerprint density at radius 1 is 0.875 bits per heavy atom. The third-order valence-electron chi connectivity index (χ3n) is 4.55. The van der Waals surface area contributed by atoms with Gasteiger partial charge in [0.05, 0.1) is 0 Å². The summed E-state index contributed by atoms with van der Waals surface area (Å²) in [5, 5.41) is 2.95. The first-order valence-electron chi connectivity index (χ1n) is 9.41. The van der Waals surface area contributed by atoms with Crippen LogP contribution in [-0.4, -0.2) is 25.4 Å². The molecular weight excluding hydrogens is 325 g/mol. The van der Waals surface area contributed by atoms with Crippen molar-refractivity contribution in [1.29, 1.82) is 0 Å². The molecule has 1 amide bonds. The summed E-state index contributed by atoms with van der Waals surface area (Å²) in [5.41, 5.74) is -0.983. The number of hydrogen-bond acceptors (Lipinski definition) is 4. The maximum absolute atomic E-state index is 12.3. The van der Waals surface area contributed by atoms with Crippen LogP contribution in [0.15, 0.2) is 0 Å². The Hall–Kier alpha value is -0.380. The van der Waals surface area contributed by atoms with Gasteiger partial charge in [-0.25, -0.2) is 4.57 Å². The molecule has 0 saturated heterocycles. The maximum atomic E-state index is 12.3. The quantitative estimate of drug-likeness (QED) is 0.275. The number of carbonyl (C=O) groups is 1. The van der Waals surface area contributed by atoms with Crippen LogP contribution < -0.4 is 5.32 Å². The zero-order valence-electron chi connectivity index (χ0n) is 16.4. The molecule has 1 N–H and O–H groups in total. The second-order valence-electron chi connectivity index (χ2n) is 6.83. The van der Waals surface area contributed by atoms with Crippen molar-refractivity contribution >= 4 is 13.2 Å². The first kappa shape index (κ1) is 23.6. The Bertz CT molecular complexity index is 381. The molecule has 0 saturated carbocycles. The van der Waals surface area contributed by atoms with E-state index in [0.29, 0.717) is 0 Å². The molecule has 0 rings (SSSR count). The monoisotopic (exact) mass is 363 g/mol. The third-order valence-corrected chi connectivity index (χ3v) is 6.12. The number of rotatable bonds is 15. The number of hydrogen-bond donors (Lipinski definition) is 1. The standard InChI is InChI=1S/C18H38NO4P/c1-6-8-10-12-14-16-18(3,15-13-11-9-7-2)19-17(20)24(21,22-4)23-5/h6-16H2,1-5H3,(H,19,20). The molecule has 6 heteroatoms. The number of amides is 1. The van der Waals surface area contributed by atoms with Gasteiger partial charge in [0, 0.05) is 19.8 Å². The summed E-state index contributed by atoms with van der Waals surface area (Å²) in [6, 6.07) is 0. The minimum Gasteiger partial charge on any atom is -0.340 e. The van der Waals surface area contributed by atoms with Crippen molar-refractivity contribution in [1.82, 2.24) is 5.32 Å². The Labute approximate surface area is 148 Å². The van der Waals surface area contributed by atoms with E-state index in [0.717, 1.165) is 32.1 Å². The van der Waals surface area contributed by atoms with E-state index in [1.807, 2.05) is 6.92 Å². The molecular formula is C18H38NO4P. The van der Waals surface area contributed by atoms with E-state index in [9.17, 15) is 9.36 Å². The van der Waals surface area contributed by atoms with Gasteiger partial charge in [0.2, 0.25) is 0 Å². The van der Waals surface area contributed by atoms with Crippen LogP contribution in [0.1, 0.15) is 91.4 Å². The summed E-state index contributed by atoms with van der Waals surface area (Å²) in [4.78, 5) is 12.3. The highest BCUT2D eigenvalue weighted by Crippen LogP contribution is 2.47. The van der Waals surface area contributed by atoms with Crippen LogP contribution in [0.2, 0.25) is 0 Å². The van der Waals surface area contributed by atoms with Crippen molar-refractivity contribution in [2.24, 2.45) is 0 Å². The fraction of sp³-hybridized carbons (Fsp3) is 0.944. The van der Waals surface area contributed by atoms with Gasteiger partial charge in [-0.1, -0.05) is 71.6 Å². The lowest BCUT2D eigenvalue weighted by Gasteiger charge is -2.32. The molecule has 24 heavy (non-hydrogen) atoms. The van der Waals surface area contributed by atoms with E-state index in [-0.39, 0.29) is 5.54 Å². The van der Waals surface area contributed by atoms with Gasteiger partial charge in [-0.15, -0.1) is 0 Å². The lowest BCUT2D eigenvalue weighted by molar-refractivity contribution is 0.217. The predicted molar refractivity (Wildman–Crippen MR) is 101 cm³/mol. The van der Waals surface area contributed by atoms with Crippen LogP contribution in [0, 0.1) is 0 Å². The molecule has 0 fully saturated rings. The van der Waals surface area contributed by atoms with Gasteiger partial charge in [-0.3, -0.25) is 4.79 Å². The number of nitrogens with one attached hydrogen (secondary N) is 1. The van der Waals surface area contributed by atoms with Gasteiger partial charge < -0.3 is 14.4 Å². The molecule has 5 nitrogen and oxygen atoms in total. The van der Waals surface area contributed by atoms with E-state index < -0.39 is 13.2 Å². The minimum atomic E-state index is -3.71. The third kappa shape index (κ3) is 9.19. The molecule has 1 atom stereocenters. The van der Waals surface area contributed by atoms with E-state index in [4.69, 9.17) is 9.05 Å². The van der Waals surface area contributed by atoms with Gasteiger partial charge in [0.1, 0.15) is 0 Å². The molecule has 0 aromatic carbocycles. The zero-order chi connectivity index (χ0) is 18.5. The molecule has 0 aliphatic rings. The van der Waals surface area contributed by atoms with Gasteiger partial charge in [-0.2, -0.15) is 0 Å². The van der Waals surface area contributed by atoms with Crippen molar-refractivity contribution in [3.8, 4) is 0 Å². The Morgan fingerprint density at radius 2 is 1.29 bits per heavy atom. The van der Waals surface area contributed by atoms with Crippen molar-refractivity contribution in [2.75, 3.05) is 14.2 Å². The molecule has 1 unspecified atom stereocenters. The molecule has 144 valence electrons. The largest absolute Gasteiger partial charge is 0.417 e. The molecule has 0 aliphatic heterocycles. The zero-order valence-corrected chi connectivity index (χ0v) is 17.3. The Balaban J connectivity index is 4.70. The van der Waals surface area contributed by atoms with Crippen molar-refractivity contribution in [3.63, 3.8) is 0 Å². The molecule has 0 bridgehead atoms. The minimum absolute atomic E-state index is 0.357. The van der Waals surface area contributed by atoms with E-state index in [2.05, 4.69) is 19.2 Å². The van der Waals surface area contributed by atoms with Crippen molar-refractivity contribution in [2.45, 2.75) is 96.9 Å². The van der Waals surface area contributed by atoms with Crippen LogP contribution in [0.5, 0.6) is 0 Å². The normalized spacial score (nSPS) is 14.4. The van der Waals surface area contributed by atoms with Crippen molar-refractivity contribution < 1.29 is 18.4 Å².